The second kappa shape index (κ2) is 5.66. The molecular weight excluding hydrogens is 318 g/mol. The highest BCUT2D eigenvalue weighted by Crippen LogP contribution is 2.29. The third-order valence-electron chi connectivity index (χ3n) is 3.76. The van der Waals surface area contributed by atoms with Gasteiger partial charge in [-0.25, -0.2) is 13.8 Å². The van der Waals surface area contributed by atoms with E-state index in [1.807, 2.05) is 0 Å². The van der Waals surface area contributed by atoms with Crippen molar-refractivity contribution in [3.05, 3.63) is 34.4 Å². The lowest BCUT2D eigenvalue weighted by Gasteiger charge is -2.09. The number of H-pyrrole nitrogens is 1. The van der Waals surface area contributed by atoms with Crippen molar-refractivity contribution in [3.63, 3.8) is 0 Å². The quantitative estimate of drug-likeness (QED) is 0.771. The molecule has 0 atom stereocenters. The Labute approximate surface area is 136 Å². The zero-order valence-electron chi connectivity index (χ0n) is 13.6. The Morgan fingerprint density at radius 1 is 1.33 bits per heavy atom. The van der Waals surface area contributed by atoms with Gasteiger partial charge in [0, 0.05) is 12.7 Å². The van der Waals surface area contributed by atoms with Crippen molar-refractivity contribution in [1.29, 1.82) is 0 Å². The van der Waals surface area contributed by atoms with Crippen molar-refractivity contribution >= 4 is 22.6 Å². The number of carbonyl (C=O) groups excluding carboxylic acids is 1. The van der Waals surface area contributed by atoms with Crippen LogP contribution in [0.3, 0.4) is 0 Å². The molecule has 0 spiro atoms. The molecule has 9 heteroatoms. The molecule has 0 aliphatic rings. The summed E-state index contributed by atoms with van der Waals surface area (Å²) >= 11 is 0. The zero-order chi connectivity index (χ0) is 17.6. The monoisotopic (exact) mass is 334 g/mol. The lowest BCUT2D eigenvalue weighted by molar-refractivity contribution is 0.102. The van der Waals surface area contributed by atoms with Gasteiger partial charge in [0.15, 0.2) is 11.3 Å². The summed E-state index contributed by atoms with van der Waals surface area (Å²) in [5.74, 6) is -0.506. The summed E-state index contributed by atoms with van der Waals surface area (Å²) in [6.45, 7) is 5.09. The van der Waals surface area contributed by atoms with Crippen LogP contribution in [0.2, 0.25) is 0 Å². The van der Waals surface area contributed by atoms with Crippen LogP contribution in [0.25, 0.3) is 11.0 Å². The van der Waals surface area contributed by atoms with Gasteiger partial charge in [0.25, 0.3) is 12.3 Å². The maximum atomic E-state index is 13.0. The molecule has 0 aliphatic heterocycles. The van der Waals surface area contributed by atoms with E-state index in [4.69, 9.17) is 0 Å². The molecule has 0 unspecified atom stereocenters. The number of fused-ring (bicyclic) bond motifs is 1. The number of hydrogen-bond acceptors (Lipinski definition) is 4. The Morgan fingerprint density at radius 3 is 2.71 bits per heavy atom. The molecule has 3 rings (SSSR count). The van der Waals surface area contributed by atoms with Crippen molar-refractivity contribution in [2.45, 2.75) is 27.2 Å². The fourth-order valence-electron chi connectivity index (χ4n) is 2.69. The van der Waals surface area contributed by atoms with E-state index < -0.39 is 18.0 Å². The van der Waals surface area contributed by atoms with Crippen molar-refractivity contribution in [1.82, 2.24) is 25.0 Å². The number of aryl methyl sites for hydroxylation is 4. The molecule has 2 N–H and O–H groups in total. The van der Waals surface area contributed by atoms with Gasteiger partial charge in [-0.1, -0.05) is 0 Å². The summed E-state index contributed by atoms with van der Waals surface area (Å²) in [4.78, 5) is 17.1. The van der Waals surface area contributed by atoms with Gasteiger partial charge >= 0.3 is 0 Å². The number of aromatic amines is 1. The average molecular weight is 334 g/mol. The predicted octanol–water partition coefficient (Wildman–Crippen LogP) is 2.81. The summed E-state index contributed by atoms with van der Waals surface area (Å²) in [6, 6.07) is 1.61. The first-order chi connectivity index (χ1) is 11.3. The van der Waals surface area contributed by atoms with Crippen molar-refractivity contribution < 1.29 is 13.6 Å². The van der Waals surface area contributed by atoms with Crippen molar-refractivity contribution in [3.8, 4) is 0 Å². The van der Waals surface area contributed by atoms with E-state index in [0.29, 0.717) is 33.7 Å². The lowest BCUT2D eigenvalue weighted by Crippen LogP contribution is -2.15. The van der Waals surface area contributed by atoms with Gasteiger partial charge in [0.1, 0.15) is 0 Å². The number of amides is 1. The van der Waals surface area contributed by atoms with E-state index in [-0.39, 0.29) is 5.69 Å². The topological polar surface area (TPSA) is 88.5 Å². The second-order valence-electron chi connectivity index (χ2n) is 5.58. The van der Waals surface area contributed by atoms with E-state index in [1.165, 1.54) is 0 Å². The number of nitrogens with zero attached hydrogens (tertiary/aromatic N) is 4. The van der Waals surface area contributed by atoms with Crippen LogP contribution < -0.4 is 5.32 Å². The summed E-state index contributed by atoms with van der Waals surface area (Å²) in [5, 5.41) is 13.4. The number of halogens is 2. The highest BCUT2D eigenvalue weighted by molar-refractivity contribution is 6.13. The Hall–Kier alpha value is -2.84. The van der Waals surface area contributed by atoms with E-state index in [2.05, 4.69) is 25.6 Å². The highest BCUT2D eigenvalue weighted by Gasteiger charge is 2.23. The SMILES string of the molecule is Cc1cc(C(=O)Nc2c(C(F)F)n[nH]c2C)c2c(C)nn(C)c2n1. The maximum Gasteiger partial charge on any atom is 0.284 e. The molecule has 0 fully saturated rings. The normalized spacial score (nSPS) is 11.5. The van der Waals surface area contributed by atoms with Gasteiger partial charge in [-0.15, -0.1) is 0 Å². The third kappa shape index (κ3) is 2.51. The number of pyridine rings is 1. The van der Waals surface area contributed by atoms with Crippen LogP contribution in [0.1, 0.15) is 39.6 Å². The third-order valence-corrected chi connectivity index (χ3v) is 3.76. The van der Waals surface area contributed by atoms with E-state index in [0.717, 1.165) is 0 Å². The zero-order valence-corrected chi connectivity index (χ0v) is 13.6. The van der Waals surface area contributed by atoms with E-state index >= 15 is 0 Å². The first-order valence-electron chi connectivity index (χ1n) is 7.25. The molecule has 126 valence electrons. The molecule has 0 aliphatic carbocycles. The average Bonchev–Trinajstić information content (AvgIpc) is 3.00. The standard InChI is InChI=1S/C15H16F2N6O/c1-6-5-9(10-7(2)22-23(4)14(10)18-6)15(24)19-11-8(3)20-21-12(11)13(16)17/h5,13H,1-4H3,(H,19,24)(H,20,21). The van der Waals surface area contributed by atoms with E-state index in [9.17, 15) is 13.6 Å². The van der Waals surface area contributed by atoms with Gasteiger partial charge in [-0.3, -0.25) is 14.6 Å². The Balaban J connectivity index is 2.09. The van der Waals surface area contributed by atoms with Gasteiger partial charge in [-0.05, 0) is 26.8 Å². The summed E-state index contributed by atoms with van der Waals surface area (Å²) < 4.78 is 27.6. The predicted molar refractivity (Wildman–Crippen MR) is 84.2 cm³/mol. The number of rotatable bonds is 3. The number of alkyl halides is 2. The molecule has 0 saturated heterocycles. The maximum absolute atomic E-state index is 13.0. The smallest absolute Gasteiger partial charge is 0.284 e. The van der Waals surface area contributed by atoms with Crippen molar-refractivity contribution in [2.24, 2.45) is 7.05 Å². The van der Waals surface area contributed by atoms with Crippen LogP contribution in [0.15, 0.2) is 6.07 Å². The fraction of sp³-hybridized carbons (Fsp3) is 0.333. The molecule has 0 aromatic carbocycles. The number of hydrogen-bond donors (Lipinski definition) is 2. The van der Waals surface area contributed by atoms with Crippen LogP contribution in [-0.2, 0) is 7.05 Å². The summed E-state index contributed by atoms with van der Waals surface area (Å²) in [5.41, 5.74) is 2.06. The van der Waals surface area contributed by atoms with E-state index in [1.54, 1.807) is 38.6 Å². The fourth-order valence-corrected chi connectivity index (χ4v) is 2.69. The van der Waals surface area contributed by atoms with Gasteiger partial charge in [-0.2, -0.15) is 10.2 Å². The minimum absolute atomic E-state index is 0.000779. The molecule has 3 heterocycles. The Morgan fingerprint density at radius 2 is 2.04 bits per heavy atom. The molecule has 1 amide bonds. The molecule has 3 aromatic heterocycles. The summed E-state index contributed by atoms with van der Waals surface area (Å²) in [6.07, 6.45) is -2.79. The molecule has 0 radical (unpaired) electrons. The highest BCUT2D eigenvalue weighted by atomic mass is 19.3. The molecule has 0 saturated carbocycles. The van der Waals surface area contributed by atoms with Crippen LogP contribution in [0, 0.1) is 20.8 Å². The lowest BCUT2D eigenvalue weighted by atomic mass is 10.1. The second-order valence-corrected chi connectivity index (χ2v) is 5.58. The summed E-state index contributed by atoms with van der Waals surface area (Å²) in [7, 11) is 1.73. The minimum Gasteiger partial charge on any atom is -0.319 e. The molecule has 0 bridgehead atoms. The van der Waals surface area contributed by atoms with Crippen LogP contribution in [-0.4, -0.2) is 30.9 Å². The Kier molecular flexibility index (Phi) is 3.78. The number of anilines is 1. The van der Waals surface area contributed by atoms with Crippen LogP contribution in [0.4, 0.5) is 14.5 Å². The number of aromatic nitrogens is 5. The molecular formula is C15H16F2N6O. The largest absolute Gasteiger partial charge is 0.319 e. The number of nitrogens with one attached hydrogen (secondary N) is 2. The first-order valence-corrected chi connectivity index (χ1v) is 7.25. The minimum atomic E-state index is -2.79. The number of carbonyl (C=O) groups is 1. The molecule has 24 heavy (non-hydrogen) atoms. The van der Waals surface area contributed by atoms with Gasteiger partial charge < -0.3 is 5.32 Å². The van der Waals surface area contributed by atoms with Gasteiger partial charge in [0.05, 0.1) is 28.0 Å². The molecule has 3 aromatic rings. The van der Waals surface area contributed by atoms with Crippen molar-refractivity contribution in [2.75, 3.05) is 5.32 Å². The first kappa shape index (κ1) is 16.0. The van der Waals surface area contributed by atoms with Crippen LogP contribution in [0.5, 0.6) is 0 Å². The van der Waals surface area contributed by atoms with Crippen LogP contribution >= 0.6 is 0 Å². The molecule has 7 nitrogen and oxygen atoms in total. The van der Waals surface area contributed by atoms with Gasteiger partial charge in [0.2, 0.25) is 0 Å². The Bertz CT molecular complexity index is 943.